The molecular formula is C17H24N2O2. The zero-order chi connectivity index (χ0) is 15.3. The van der Waals surface area contributed by atoms with E-state index in [1.807, 2.05) is 12.1 Å². The standard InChI is InChI=1S/C17H24N2O2/c1-16(2)13-8-9-17(16,3)15(10-13)18-11-12-6-4-5-7-14(12)19(20)21/h4-7,13,15,18H,8-11H2,1-3H3. The van der Waals surface area contributed by atoms with Crippen molar-refractivity contribution >= 4 is 5.69 Å². The molecule has 0 spiro atoms. The summed E-state index contributed by atoms with van der Waals surface area (Å²) in [5.41, 5.74) is 1.68. The SMILES string of the molecule is CC1(C)C2CCC1(C)C(NCc1ccccc1[N+](=O)[O-])C2. The fraction of sp³-hybridized carbons (Fsp3) is 0.647. The average Bonchev–Trinajstić information content (AvgIpc) is 2.78. The fourth-order valence-corrected chi connectivity index (χ4v) is 4.58. The first-order chi connectivity index (χ1) is 9.86. The van der Waals surface area contributed by atoms with E-state index in [-0.39, 0.29) is 10.6 Å². The molecule has 2 saturated carbocycles. The predicted molar refractivity (Wildman–Crippen MR) is 83.0 cm³/mol. The van der Waals surface area contributed by atoms with Crippen molar-refractivity contribution < 1.29 is 4.92 Å². The van der Waals surface area contributed by atoms with Gasteiger partial charge in [0.05, 0.1) is 4.92 Å². The highest BCUT2D eigenvalue weighted by Crippen LogP contribution is 2.65. The van der Waals surface area contributed by atoms with E-state index in [2.05, 4.69) is 26.1 Å². The Kier molecular flexibility index (Phi) is 3.32. The molecule has 1 aromatic rings. The molecular weight excluding hydrogens is 264 g/mol. The van der Waals surface area contributed by atoms with E-state index in [0.717, 1.165) is 11.5 Å². The highest BCUT2D eigenvalue weighted by molar-refractivity contribution is 5.39. The molecule has 0 aromatic heterocycles. The molecule has 2 aliphatic rings. The van der Waals surface area contributed by atoms with Crippen LogP contribution in [-0.4, -0.2) is 11.0 Å². The van der Waals surface area contributed by atoms with Crippen LogP contribution in [0.15, 0.2) is 24.3 Å². The molecule has 0 amide bonds. The van der Waals surface area contributed by atoms with Crippen LogP contribution in [0.4, 0.5) is 5.69 Å². The van der Waals surface area contributed by atoms with Crippen LogP contribution in [0, 0.1) is 26.9 Å². The van der Waals surface area contributed by atoms with E-state index in [1.54, 1.807) is 12.1 Å². The maximum Gasteiger partial charge on any atom is 0.273 e. The summed E-state index contributed by atoms with van der Waals surface area (Å²) >= 11 is 0. The summed E-state index contributed by atoms with van der Waals surface area (Å²) in [7, 11) is 0. The first kappa shape index (κ1) is 14.5. The Balaban J connectivity index is 1.74. The summed E-state index contributed by atoms with van der Waals surface area (Å²) in [6.45, 7) is 7.74. The van der Waals surface area contributed by atoms with Crippen molar-refractivity contribution in [3.63, 3.8) is 0 Å². The summed E-state index contributed by atoms with van der Waals surface area (Å²) < 4.78 is 0. The van der Waals surface area contributed by atoms with E-state index in [1.165, 1.54) is 19.3 Å². The third-order valence-corrected chi connectivity index (χ3v) is 6.52. The third-order valence-electron chi connectivity index (χ3n) is 6.52. The van der Waals surface area contributed by atoms with Gasteiger partial charge in [-0.1, -0.05) is 39.0 Å². The Morgan fingerprint density at radius 3 is 2.62 bits per heavy atom. The van der Waals surface area contributed by atoms with Gasteiger partial charge in [0.15, 0.2) is 0 Å². The van der Waals surface area contributed by atoms with E-state index in [0.29, 0.717) is 23.4 Å². The summed E-state index contributed by atoms with van der Waals surface area (Å²) in [5.74, 6) is 0.783. The summed E-state index contributed by atoms with van der Waals surface area (Å²) in [6, 6.07) is 7.50. The molecule has 2 bridgehead atoms. The van der Waals surface area contributed by atoms with Crippen molar-refractivity contribution in [2.45, 2.75) is 52.6 Å². The number of nitro benzene ring substituents is 1. The van der Waals surface area contributed by atoms with Crippen molar-refractivity contribution in [2.75, 3.05) is 0 Å². The van der Waals surface area contributed by atoms with Gasteiger partial charge in [-0.3, -0.25) is 10.1 Å². The lowest BCUT2D eigenvalue weighted by Gasteiger charge is -2.39. The average molecular weight is 288 g/mol. The lowest BCUT2D eigenvalue weighted by molar-refractivity contribution is -0.385. The molecule has 2 aliphatic carbocycles. The van der Waals surface area contributed by atoms with Gasteiger partial charge in [0.25, 0.3) is 5.69 Å². The number of rotatable bonds is 4. The molecule has 3 unspecified atom stereocenters. The topological polar surface area (TPSA) is 55.2 Å². The smallest absolute Gasteiger partial charge is 0.273 e. The van der Waals surface area contributed by atoms with Crippen LogP contribution in [0.25, 0.3) is 0 Å². The molecule has 0 radical (unpaired) electrons. The molecule has 0 aliphatic heterocycles. The Hall–Kier alpha value is -1.42. The van der Waals surface area contributed by atoms with E-state index in [4.69, 9.17) is 0 Å². The second-order valence-electron chi connectivity index (χ2n) is 7.43. The van der Waals surface area contributed by atoms with Crippen LogP contribution in [0.5, 0.6) is 0 Å². The van der Waals surface area contributed by atoms with E-state index >= 15 is 0 Å². The van der Waals surface area contributed by atoms with Gasteiger partial charge in [-0.25, -0.2) is 0 Å². The highest BCUT2D eigenvalue weighted by Gasteiger charge is 2.60. The lowest BCUT2D eigenvalue weighted by atomic mass is 9.69. The molecule has 1 aromatic carbocycles. The fourth-order valence-electron chi connectivity index (χ4n) is 4.58. The van der Waals surface area contributed by atoms with Crippen LogP contribution in [0.2, 0.25) is 0 Å². The van der Waals surface area contributed by atoms with Crippen LogP contribution < -0.4 is 5.32 Å². The Morgan fingerprint density at radius 2 is 2.05 bits per heavy atom. The Labute approximate surface area is 126 Å². The molecule has 114 valence electrons. The molecule has 3 atom stereocenters. The van der Waals surface area contributed by atoms with E-state index < -0.39 is 0 Å². The highest BCUT2D eigenvalue weighted by atomic mass is 16.6. The molecule has 1 N–H and O–H groups in total. The van der Waals surface area contributed by atoms with Gasteiger partial charge in [-0.05, 0) is 36.0 Å². The second-order valence-corrected chi connectivity index (χ2v) is 7.43. The normalized spacial score (nSPS) is 33.3. The van der Waals surface area contributed by atoms with Gasteiger partial charge in [-0.15, -0.1) is 0 Å². The van der Waals surface area contributed by atoms with Crippen LogP contribution >= 0.6 is 0 Å². The number of nitrogens with zero attached hydrogens (tertiary/aromatic N) is 1. The van der Waals surface area contributed by atoms with Gasteiger partial charge in [0, 0.05) is 24.2 Å². The van der Waals surface area contributed by atoms with Crippen molar-refractivity contribution in [1.29, 1.82) is 0 Å². The van der Waals surface area contributed by atoms with Crippen molar-refractivity contribution in [3.8, 4) is 0 Å². The number of hydrogen-bond donors (Lipinski definition) is 1. The Morgan fingerprint density at radius 1 is 1.33 bits per heavy atom. The second kappa shape index (κ2) is 4.80. The minimum atomic E-state index is -0.288. The van der Waals surface area contributed by atoms with Gasteiger partial charge in [0.2, 0.25) is 0 Å². The van der Waals surface area contributed by atoms with Crippen LogP contribution in [-0.2, 0) is 6.54 Å². The molecule has 4 heteroatoms. The lowest BCUT2D eigenvalue weighted by Crippen LogP contribution is -2.44. The van der Waals surface area contributed by atoms with Gasteiger partial charge in [-0.2, -0.15) is 0 Å². The van der Waals surface area contributed by atoms with Gasteiger partial charge >= 0.3 is 0 Å². The van der Waals surface area contributed by atoms with Crippen molar-refractivity contribution in [2.24, 2.45) is 16.7 Å². The molecule has 2 fully saturated rings. The van der Waals surface area contributed by atoms with Crippen LogP contribution in [0.3, 0.4) is 0 Å². The van der Waals surface area contributed by atoms with Crippen LogP contribution in [0.1, 0.15) is 45.6 Å². The minimum absolute atomic E-state index is 0.220. The molecule has 4 nitrogen and oxygen atoms in total. The summed E-state index contributed by atoms with van der Waals surface area (Å²) in [4.78, 5) is 10.8. The number of hydrogen-bond acceptors (Lipinski definition) is 3. The Bertz CT molecular complexity index is 570. The number of nitrogens with one attached hydrogen (secondary N) is 1. The minimum Gasteiger partial charge on any atom is -0.309 e. The molecule has 21 heavy (non-hydrogen) atoms. The zero-order valence-electron chi connectivity index (χ0n) is 13.1. The largest absolute Gasteiger partial charge is 0.309 e. The monoisotopic (exact) mass is 288 g/mol. The van der Waals surface area contributed by atoms with Gasteiger partial charge < -0.3 is 5.32 Å². The predicted octanol–water partition coefficient (Wildman–Crippen LogP) is 3.90. The maximum absolute atomic E-state index is 11.1. The number of benzene rings is 1. The van der Waals surface area contributed by atoms with Gasteiger partial charge in [0.1, 0.15) is 0 Å². The quantitative estimate of drug-likeness (QED) is 0.675. The van der Waals surface area contributed by atoms with Crippen molar-refractivity contribution in [3.05, 3.63) is 39.9 Å². The summed E-state index contributed by atoms with van der Waals surface area (Å²) in [6.07, 6.45) is 3.79. The van der Waals surface area contributed by atoms with E-state index in [9.17, 15) is 10.1 Å². The first-order valence-corrected chi connectivity index (χ1v) is 7.82. The maximum atomic E-state index is 11.1. The summed E-state index contributed by atoms with van der Waals surface area (Å²) in [5, 5.41) is 14.7. The first-order valence-electron chi connectivity index (χ1n) is 7.82. The number of nitro groups is 1. The third kappa shape index (κ3) is 2.08. The molecule has 0 heterocycles. The molecule has 0 saturated heterocycles. The van der Waals surface area contributed by atoms with Crippen molar-refractivity contribution in [1.82, 2.24) is 5.32 Å². The zero-order valence-corrected chi connectivity index (χ0v) is 13.1. The number of fused-ring (bicyclic) bond motifs is 2. The molecule has 3 rings (SSSR count). The number of para-hydroxylation sites is 1.